The van der Waals surface area contributed by atoms with Gasteiger partial charge in [0.1, 0.15) is 0 Å². The van der Waals surface area contributed by atoms with Gasteiger partial charge in [0.2, 0.25) is 11.0 Å². The van der Waals surface area contributed by atoms with E-state index < -0.39 is 6.03 Å². The molecule has 3 amide bonds. The fraction of sp³-hybridized carbons (Fsp3) is 0.500. The van der Waals surface area contributed by atoms with Crippen LogP contribution in [0.25, 0.3) is 0 Å². The molecule has 1 heterocycles. The largest absolute Gasteiger partial charge is 0.374 e. The van der Waals surface area contributed by atoms with Gasteiger partial charge in [-0.3, -0.25) is 10.1 Å². The van der Waals surface area contributed by atoms with Crippen molar-refractivity contribution in [2.45, 2.75) is 23.2 Å². The molecule has 1 fully saturated rings. The maximum Gasteiger partial charge on any atom is 0.321 e. The van der Waals surface area contributed by atoms with E-state index >= 15 is 0 Å². The molecule has 0 aliphatic heterocycles. The minimum absolute atomic E-state index is 0.118. The van der Waals surface area contributed by atoms with Crippen LogP contribution in [0.1, 0.15) is 12.8 Å². The SMILES string of the molecule is Nc1nnc(SCC(=O)NC(=O)NC2CC2)s1. The molecule has 1 aliphatic carbocycles. The van der Waals surface area contributed by atoms with Gasteiger partial charge in [-0.25, -0.2) is 4.79 Å². The normalized spacial score (nSPS) is 14.4. The molecule has 0 unspecified atom stereocenters. The minimum Gasteiger partial charge on any atom is -0.374 e. The van der Waals surface area contributed by atoms with Crippen molar-refractivity contribution in [1.82, 2.24) is 20.8 Å². The summed E-state index contributed by atoms with van der Waals surface area (Å²) in [6.45, 7) is 0. The number of hydrogen-bond donors (Lipinski definition) is 3. The highest BCUT2D eigenvalue weighted by Crippen LogP contribution is 2.23. The Bertz CT molecular complexity index is 431. The fourth-order valence-electron chi connectivity index (χ4n) is 1.02. The summed E-state index contributed by atoms with van der Waals surface area (Å²) in [6, 6.07) is -0.201. The number of imide groups is 1. The van der Waals surface area contributed by atoms with Crippen LogP contribution in [0.4, 0.5) is 9.93 Å². The van der Waals surface area contributed by atoms with Gasteiger partial charge in [-0.05, 0) is 12.8 Å². The molecule has 0 bridgehead atoms. The smallest absolute Gasteiger partial charge is 0.321 e. The van der Waals surface area contributed by atoms with E-state index in [1.54, 1.807) is 0 Å². The summed E-state index contributed by atoms with van der Waals surface area (Å²) in [4.78, 5) is 22.6. The van der Waals surface area contributed by atoms with Crippen LogP contribution in [0.3, 0.4) is 0 Å². The standard InChI is InChI=1S/C8H11N5O2S2/c9-6-12-13-8(17-6)16-3-5(14)11-7(15)10-4-1-2-4/h4H,1-3H2,(H2,9,12)(H2,10,11,14,15). The Labute approximate surface area is 106 Å². The molecule has 0 spiro atoms. The molecule has 17 heavy (non-hydrogen) atoms. The molecule has 1 aromatic rings. The minimum atomic E-state index is -0.435. The molecule has 1 aromatic heterocycles. The number of carbonyl (C=O) groups is 2. The molecule has 0 aromatic carbocycles. The average molecular weight is 273 g/mol. The second kappa shape index (κ2) is 5.32. The molecular formula is C8H11N5O2S2. The van der Waals surface area contributed by atoms with E-state index in [-0.39, 0.29) is 17.7 Å². The highest BCUT2D eigenvalue weighted by atomic mass is 32.2. The third kappa shape index (κ3) is 4.19. The Balaban J connectivity index is 1.67. The van der Waals surface area contributed by atoms with Crippen LogP contribution in [-0.4, -0.2) is 33.9 Å². The topological polar surface area (TPSA) is 110 Å². The lowest BCUT2D eigenvalue weighted by atomic mass is 10.6. The summed E-state index contributed by atoms with van der Waals surface area (Å²) in [7, 11) is 0. The number of aromatic nitrogens is 2. The molecule has 2 rings (SSSR count). The Hall–Kier alpha value is -1.35. The van der Waals surface area contributed by atoms with E-state index in [1.807, 2.05) is 0 Å². The molecule has 1 saturated carbocycles. The number of nitrogens with zero attached hydrogens (tertiary/aromatic N) is 2. The van der Waals surface area contributed by atoms with Gasteiger partial charge in [0.05, 0.1) is 5.75 Å². The Morgan fingerprint density at radius 1 is 1.47 bits per heavy atom. The van der Waals surface area contributed by atoms with Crippen molar-refractivity contribution < 1.29 is 9.59 Å². The predicted molar refractivity (Wildman–Crippen MR) is 64.7 cm³/mol. The van der Waals surface area contributed by atoms with Crippen LogP contribution in [-0.2, 0) is 4.79 Å². The number of nitrogens with one attached hydrogen (secondary N) is 2. The molecule has 0 radical (unpaired) electrons. The van der Waals surface area contributed by atoms with Gasteiger partial charge < -0.3 is 11.1 Å². The quantitative estimate of drug-likeness (QED) is 0.676. The summed E-state index contributed by atoms with van der Waals surface area (Å²) < 4.78 is 0.611. The zero-order chi connectivity index (χ0) is 12.3. The molecule has 9 heteroatoms. The first-order valence-corrected chi connectivity index (χ1v) is 6.76. The fourth-order valence-corrected chi connectivity index (χ4v) is 2.45. The number of thioether (sulfide) groups is 1. The molecular weight excluding hydrogens is 262 g/mol. The first-order chi connectivity index (χ1) is 8.13. The molecule has 1 aliphatic rings. The molecule has 92 valence electrons. The van der Waals surface area contributed by atoms with E-state index in [2.05, 4.69) is 20.8 Å². The van der Waals surface area contributed by atoms with Crippen LogP contribution in [0, 0.1) is 0 Å². The van der Waals surface area contributed by atoms with Crippen molar-refractivity contribution in [2.75, 3.05) is 11.5 Å². The van der Waals surface area contributed by atoms with Gasteiger partial charge in [-0.2, -0.15) is 0 Å². The lowest BCUT2D eigenvalue weighted by Gasteiger charge is -2.03. The van der Waals surface area contributed by atoms with Gasteiger partial charge in [0.25, 0.3) is 0 Å². The Morgan fingerprint density at radius 3 is 2.82 bits per heavy atom. The molecule has 0 saturated heterocycles. The number of rotatable bonds is 4. The van der Waals surface area contributed by atoms with E-state index in [1.165, 1.54) is 23.1 Å². The number of carbonyl (C=O) groups excluding carboxylic acids is 2. The van der Waals surface area contributed by atoms with E-state index in [4.69, 9.17) is 5.73 Å². The lowest BCUT2D eigenvalue weighted by Crippen LogP contribution is -2.41. The maximum atomic E-state index is 11.4. The first-order valence-electron chi connectivity index (χ1n) is 4.95. The number of urea groups is 1. The van der Waals surface area contributed by atoms with Gasteiger partial charge in [-0.1, -0.05) is 23.1 Å². The number of amides is 3. The van der Waals surface area contributed by atoms with Crippen molar-refractivity contribution in [2.24, 2.45) is 0 Å². The van der Waals surface area contributed by atoms with Crippen molar-refractivity contribution in [1.29, 1.82) is 0 Å². The number of nitrogen functional groups attached to an aromatic ring is 1. The Kier molecular flexibility index (Phi) is 3.79. The third-order valence-corrected chi connectivity index (χ3v) is 3.80. The molecule has 0 atom stereocenters. The lowest BCUT2D eigenvalue weighted by molar-refractivity contribution is -0.117. The van der Waals surface area contributed by atoms with Crippen molar-refractivity contribution in [3.8, 4) is 0 Å². The van der Waals surface area contributed by atoms with Gasteiger partial charge in [-0.15, -0.1) is 10.2 Å². The van der Waals surface area contributed by atoms with Gasteiger partial charge >= 0.3 is 6.03 Å². The number of nitrogens with two attached hydrogens (primary N) is 1. The van der Waals surface area contributed by atoms with E-state index in [0.717, 1.165) is 12.8 Å². The Morgan fingerprint density at radius 2 is 2.24 bits per heavy atom. The highest BCUT2D eigenvalue weighted by Gasteiger charge is 2.23. The summed E-state index contributed by atoms with van der Waals surface area (Å²) >= 11 is 2.41. The van der Waals surface area contributed by atoms with Crippen LogP contribution >= 0.6 is 23.1 Å². The second-order valence-electron chi connectivity index (χ2n) is 3.49. The van der Waals surface area contributed by atoms with Crippen molar-refractivity contribution in [3.05, 3.63) is 0 Å². The monoisotopic (exact) mass is 273 g/mol. The third-order valence-electron chi connectivity index (χ3n) is 1.91. The average Bonchev–Trinajstić information content (AvgIpc) is 2.96. The second-order valence-corrected chi connectivity index (χ2v) is 5.72. The van der Waals surface area contributed by atoms with Gasteiger partial charge in [0, 0.05) is 6.04 Å². The number of hydrogen-bond acceptors (Lipinski definition) is 7. The molecule has 7 nitrogen and oxygen atoms in total. The van der Waals surface area contributed by atoms with Crippen molar-refractivity contribution in [3.63, 3.8) is 0 Å². The zero-order valence-electron chi connectivity index (χ0n) is 8.80. The van der Waals surface area contributed by atoms with E-state index in [9.17, 15) is 9.59 Å². The summed E-state index contributed by atoms with van der Waals surface area (Å²) in [5, 5.41) is 12.6. The van der Waals surface area contributed by atoms with Gasteiger partial charge in [0.15, 0.2) is 4.34 Å². The van der Waals surface area contributed by atoms with Crippen LogP contribution < -0.4 is 16.4 Å². The van der Waals surface area contributed by atoms with Crippen LogP contribution in [0.2, 0.25) is 0 Å². The highest BCUT2D eigenvalue weighted by molar-refractivity contribution is 8.01. The molecule has 4 N–H and O–H groups in total. The van der Waals surface area contributed by atoms with Crippen molar-refractivity contribution >= 4 is 40.2 Å². The zero-order valence-corrected chi connectivity index (χ0v) is 10.4. The number of anilines is 1. The van der Waals surface area contributed by atoms with Crippen LogP contribution in [0.5, 0.6) is 0 Å². The summed E-state index contributed by atoms with van der Waals surface area (Å²) in [6.07, 6.45) is 1.97. The van der Waals surface area contributed by atoms with Crippen LogP contribution in [0.15, 0.2) is 4.34 Å². The first kappa shape index (κ1) is 12.1. The summed E-state index contributed by atoms with van der Waals surface area (Å²) in [5.41, 5.74) is 5.39. The summed E-state index contributed by atoms with van der Waals surface area (Å²) in [5.74, 6) is -0.242. The maximum absolute atomic E-state index is 11.4. The predicted octanol–water partition coefficient (Wildman–Crippen LogP) is 0.201. The van der Waals surface area contributed by atoms with E-state index in [0.29, 0.717) is 9.47 Å².